The molecule has 0 aliphatic heterocycles. The number of aryl methyl sites for hydroxylation is 1. The van der Waals surface area contributed by atoms with E-state index in [0.717, 1.165) is 0 Å². The van der Waals surface area contributed by atoms with Crippen molar-refractivity contribution in [3.8, 4) is 0 Å². The van der Waals surface area contributed by atoms with Gasteiger partial charge in [0.25, 0.3) is 0 Å². The first kappa shape index (κ1) is 12.8. The maximum atomic E-state index is 3.36. The number of nitrogens with zero attached hydrogens (tertiary/aromatic N) is 5. The fourth-order valence-corrected chi connectivity index (χ4v) is 0.169. The van der Waals surface area contributed by atoms with Crippen LogP contribution in [0.2, 0.25) is 0 Å². The molecule has 0 amide bonds. The van der Waals surface area contributed by atoms with E-state index in [4.69, 9.17) is 0 Å². The van der Waals surface area contributed by atoms with Gasteiger partial charge in [-0.05, 0) is 20.9 Å². The first-order valence-electron chi connectivity index (χ1n) is 2.60. The molecule has 0 fully saturated rings. The van der Waals surface area contributed by atoms with Crippen LogP contribution in [0.25, 0.3) is 0 Å². The molecule has 0 bridgehead atoms. The Morgan fingerprint density at radius 3 is 1.50 bits per heavy atom. The molecule has 10 heavy (non-hydrogen) atoms. The van der Waals surface area contributed by atoms with Crippen LogP contribution in [0.1, 0.15) is 13.8 Å². The van der Waals surface area contributed by atoms with Crippen LogP contribution in [0.3, 0.4) is 0 Å². The van der Waals surface area contributed by atoms with Gasteiger partial charge in [-0.1, -0.05) is 0 Å². The maximum Gasteiger partial charge on any atom is 0.0532 e. The van der Waals surface area contributed by atoms with Crippen molar-refractivity contribution in [1.29, 1.82) is 0 Å². The summed E-state index contributed by atoms with van der Waals surface area (Å²) in [4.78, 5) is 1.28. The minimum Gasteiger partial charge on any atom is -0.335 e. The van der Waals surface area contributed by atoms with Crippen molar-refractivity contribution in [1.82, 2.24) is 25.7 Å². The van der Waals surface area contributed by atoms with Crippen molar-refractivity contribution in [2.45, 2.75) is 13.8 Å². The summed E-state index contributed by atoms with van der Waals surface area (Å²) in [6, 6.07) is 0. The Morgan fingerprint density at radius 1 is 1.10 bits per heavy atom. The van der Waals surface area contributed by atoms with Gasteiger partial charge < -0.3 is 6.42 Å². The van der Waals surface area contributed by atoms with Gasteiger partial charge in [0.1, 0.15) is 0 Å². The third-order valence-corrected chi connectivity index (χ3v) is 0.379. The number of hydrogen-bond donors (Lipinski definition) is 0. The molecule has 1 aromatic heterocycles. The van der Waals surface area contributed by atoms with Crippen LogP contribution < -0.4 is 0 Å². The van der Waals surface area contributed by atoms with Crippen molar-refractivity contribution < 1.29 is 32.7 Å². The molecule has 1 rings (SSSR count). The largest absolute Gasteiger partial charge is 0.335 e. The second-order valence-electron chi connectivity index (χ2n) is 1.42. The van der Waals surface area contributed by atoms with Crippen LogP contribution in [0, 0.1) is 6.42 Å². The summed E-state index contributed by atoms with van der Waals surface area (Å²) in [7, 11) is 1.65. The van der Waals surface area contributed by atoms with Gasteiger partial charge in [-0.15, -0.1) is 4.80 Å². The fraction of sp³-hybridized carbons (Fsp3) is 0.750. The molecule has 0 aliphatic carbocycles. The quantitative estimate of drug-likeness (QED) is 0.566. The molecule has 0 spiro atoms. The zero-order valence-corrected chi connectivity index (χ0v) is 9.23. The predicted molar refractivity (Wildman–Crippen MR) is 32.2 cm³/mol. The molecule has 1 aromatic rings. The van der Waals surface area contributed by atoms with E-state index in [0.29, 0.717) is 0 Å². The fourth-order valence-electron chi connectivity index (χ4n) is 0.169. The number of rotatable bonds is 0. The van der Waals surface area contributed by atoms with Crippen molar-refractivity contribution in [3.63, 3.8) is 0 Å². The molecule has 55 valence electrons. The second kappa shape index (κ2) is 9.10. The summed E-state index contributed by atoms with van der Waals surface area (Å²) < 4.78 is 0. The Labute approximate surface area is 85.4 Å². The van der Waals surface area contributed by atoms with Gasteiger partial charge >= 0.3 is 0 Å². The molecule has 6 heteroatoms. The van der Waals surface area contributed by atoms with Gasteiger partial charge in [0.2, 0.25) is 0 Å². The van der Waals surface area contributed by atoms with E-state index >= 15 is 0 Å². The van der Waals surface area contributed by atoms with Crippen LogP contribution in [-0.2, 0) is 39.8 Å². The van der Waals surface area contributed by atoms with Crippen molar-refractivity contribution >= 4 is 0 Å². The van der Waals surface area contributed by atoms with Gasteiger partial charge in [-0.2, -0.15) is 13.8 Å². The minimum atomic E-state index is 0. The first-order chi connectivity index (χ1) is 4.31. The maximum absolute atomic E-state index is 3.36. The van der Waals surface area contributed by atoms with Crippen molar-refractivity contribution in [3.05, 3.63) is 6.42 Å². The Morgan fingerprint density at radius 2 is 1.40 bits per heavy atom. The summed E-state index contributed by atoms with van der Waals surface area (Å²) in [5.74, 6) is 0. The molecule has 0 N–H and O–H groups in total. The number of hydrogen-bond acceptors (Lipinski definition) is 4. The molecule has 1 heterocycles. The molecule has 1 radical (unpaired) electrons. The van der Waals surface area contributed by atoms with Crippen LogP contribution >= 0.6 is 0 Å². The van der Waals surface area contributed by atoms with Crippen molar-refractivity contribution in [2.24, 2.45) is 7.05 Å². The molecule has 0 aliphatic rings. The van der Waals surface area contributed by atoms with Gasteiger partial charge in [0, 0.05) is 32.7 Å². The van der Waals surface area contributed by atoms with E-state index in [2.05, 4.69) is 20.9 Å². The average molecular weight is 217 g/mol. The van der Waals surface area contributed by atoms with E-state index in [-0.39, 0.29) is 32.7 Å². The molecule has 5 nitrogen and oxygen atoms in total. The Hall–Kier alpha value is 0.104. The summed E-state index contributed by atoms with van der Waals surface area (Å²) in [6.45, 7) is 4.00. The molecule has 0 aromatic carbocycles. The van der Waals surface area contributed by atoms with Crippen LogP contribution in [-0.4, -0.2) is 25.7 Å². The van der Waals surface area contributed by atoms with Crippen LogP contribution in [0.5, 0.6) is 0 Å². The second-order valence-corrected chi connectivity index (χ2v) is 1.42. The van der Waals surface area contributed by atoms with E-state index in [1.54, 1.807) is 7.05 Å². The molecule has 0 atom stereocenters. The third kappa shape index (κ3) is 8.10. The monoisotopic (exact) mass is 217 g/mol. The van der Waals surface area contributed by atoms with E-state index < -0.39 is 0 Å². The molecule has 0 unspecified atom stereocenters. The molecular weight excluding hydrogens is 207 g/mol. The standard InChI is InChI=1S/C3H7.CH3N5.Y/c1-3-2;1-6-4-2-3-5-6;/h3H,1-2H3;1H3;/q-1;;. The van der Waals surface area contributed by atoms with E-state index in [9.17, 15) is 0 Å². The first-order valence-corrected chi connectivity index (χ1v) is 2.60. The minimum absolute atomic E-state index is 0. The van der Waals surface area contributed by atoms with Gasteiger partial charge in [-0.3, -0.25) is 0 Å². The predicted octanol–water partition coefficient (Wildman–Crippen LogP) is -0.167. The summed E-state index contributed by atoms with van der Waals surface area (Å²) in [6.07, 6.45) is 2.00. The van der Waals surface area contributed by atoms with Gasteiger partial charge in [-0.25, -0.2) is 0 Å². The summed E-state index contributed by atoms with van der Waals surface area (Å²) in [5, 5.41) is 13.1. The van der Waals surface area contributed by atoms with Crippen molar-refractivity contribution in [2.75, 3.05) is 0 Å². The smallest absolute Gasteiger partial charge is 0.0532 e. The Kier molecular flexibility index (Phi) is 11.6. The zero-order valence-electron chi connectivity index (χ0n) is 6.39. The van der Waals surface area contributed by atoms with Crippen LogP contribution in [0.4, 0.5) is 0 Å². The van der Waals surface area contributed by atoms with Gasteiger partial charge in [0.05, 0.1) is 7.05 Å². The Bertz CT molecular complexity index is 128. The topological polar surface area (TPSA) is 56.5 Å². The number of aromatic nitrogens is 5. The third-order valence-electron chi connectivity index (χ3n) is 0.379. The molecule has 0 saturated carbocycles. The Balaban J connectivity index is 0. The van der Waals surface area contributed by atoms with E-state index in [1.165, 1.54) is 4.80 Å². The zero-order chi connectivity index (χ0) is 7.11. The summed E-state index contributed by atoms with van der Waals surface area (Å²) in [5.41, 5.74) is 0. The SMILES string of the molecule is C[CH-]C.Cn1nnnn1.[Y]. The normalized spacial score (nSPS) is 7.10. The van der Waals surface area contributed by atoms with Gasteiger partial charge in [0.15, 0.2) is 0 Å². The summed E-state index contributed by atoms with van der Waals surface area (Å²) >= 11 is 0. The molecular formula is C4H10N5Y-. The molecule has 0 saturated heterocycles. The van der Waals surface area contributed by atoms with E-state index in [1.807, 2.05) is 20.3 Å². The average Bonchev–Trinajstić information content (AvgIpc) is 2.20. The van der Waals surface area contributed by atoms with Crippen LogP contribution in [0.15, 0.2) is 0 Å².